The normalized spacial score (nSPS) is 17.4. The number of fused-ring (bicyclic) bond motifs is 1. The zero-order valence-corrected chi connectivity index (χ0v) is 25.4. The first-order chi connectivity index (χ1) is 21.8. The second-order valence-corrected chi connectivity index (χ2v) is 11.5. The van der Waals surface area contributed by atoms with E-state index in [4.69, 9.17) is 10.00 Å². The van der Waals surface area contributed by atoms with Gasteiger partial charge in [-0.3, -0.25) is 18.9 Å². The van der Waals surface area contributed by atoms with Gasteiger partial charge in [-0.25, -0.2) is 13.7 Å². The number of H-pyrrole nitrogens is 1. The number of nitriles is 1. The monoisotopic (exact) mass is 611 g/mol. The summed E-state index contributed by atoms with van der Waals surface area (Å²) in [6, 6.07) is 14.1. The standard InChI is InChI=1S/C33H34FN7O4/c1-4-7-29-27(16-22-11-10-21(17-28(22)34)25-8-5-6-9-26(25)30-37-33(43)45-39-30)31(42)40(32-36-20(3)38-41(29)32)23-12-14-24(15-13-23)44-19(2)18-35/h5-6,8-11,17,19,23-24H,4,7,12-16H2,1-3H3,(H,37,39,43)/t19?,23-,24-. The molecule has 12 heteroatoms. The minimum atomic E-state index is -0.676. The first-order valence-electron chi connectivity index (χ1n) is 15.3. The third kappa shape index (κ3) is 5.95. The Labute approximate surface area is 258 Å². The average Bonchev–Trinajstić information content (AvgIpc) is 3.65. The first-order valence-corrected chi connectivity index (χ1v) is 15.3. The quantitative estimate of drug-likeness (QED) is 0.236. The van der Waals surface area contributed by atoms with Crippen molar-refractivity contribution in [3.8, 4) is 28.6 Å². The number of aromatic nitrogens is 6. The molecule has 2 aromatic carbocycles. The molecule has 3 aromatic heterocycles. The highest BCUT2D eigenvalue weighted by atomic mass is 19.1. The Bertz CT molecular complexity index is 2010. The van der Waals surface area contributed by atoms with Gasteiger partial charge in [0.15, 0.2) is 5.82 Å². The summed E-state index contributed by atoms with van der Waals surface area (Å²) >= 11 is 0. The molecule has 11 nitrogen and oxygen atoms in total. The van der Waals surface area contributed by atoms with E-state index in [0.717, 1.165) is 12.1 Å². The molecule has 1 aliphatic carbocycles. The summed E-state index contributed by atoms with van der Waals surface area (Å²) in [7, 11) is 0. The third-order valence-electron chi connectivity index (χ3n) is 8.42. The van der Waals surface area contributed by atoms with Gasteiger partial charge in [0, 0.05) is 23.6 Å². The molecule has 45 heavy (non-hydrogen) atoms. The largest absolute Gasteiger partial charge is 0.439 e. The molecular formula is C33H34FN7O4. The molecule has 0 radical (unpaired) electrons. The van der Waals surface area contributed by atoms with Crippen molar-refractivity contribution in [1.29, 1.82) is 5.26 Å². The predicted molar refractivity (Wildman–Crippen MR) is 164 cm³/mol. The number of ether oxygens (including phenoxy) is 1. The molecule has 6 rings (SSSR count). The van der Waals surface area contributed by atoms with Crippen LogP contribution in [-0.4, -0.2) is 41.5 Å². The van der Waals surface area contributed by atoms with Crippen LogP contribution >= 0.6 is 0 Å². The minimum absolute atomic E-state index is 0.0386. The lowest BCUT2D eigenvalue weighted by atomic mass is 9.92. The lowest BCUT2D eigenvalue weighted by Gasteiger charge is -2.31. The van der Waals surface area contributed by atoms with Crippen LogP contribution in [0.1, 0.15) is 74.6 Å². The molecule has 1 atom stereocenters. The van der Waals surface area contributed by atoms with Crippen LogP contribution in [0.2, 0.25) is 0 Å². The number of hydrogen-bond donors (Lipinski definition) is 1. The van der Waals surface area contributed by atoms with E-state index in [0.29, 0.717) is 71.5 Å². The highest BCUT2D eigenvalue weighted by molar-refractivity contribution is 5.80. The van der Waals surface area contributed by atoms with Gasteiger partial charge in [0.05, 0.1) is 17.9 Å². The van der Waals surface area contributed by atoms with Gasteiger partial charge in [-0.05, 0) is 68.7 Å². The van der Waals surface area contributed by atoms with Crippen molar-refractivity contribution >= 4 is 5.78 Å². The van der Waals surface area contributed by atoms with E-state index >= 15 is 4.39 Å². The van der Waals surface area contributed by atoms with Gasteiger partial charge in [0.2, 0.25) is 5.78 Å². The van der Waals surface area contributed by atoms with Crippen LogP contribution < -0.4 is 11.3 Å². The number of hydrogen-bond acceptors (Lipinski definition) is 8. The van der Waals surface area contributed by atoms with Crippen LogP contribution in [0.5, 0.6) is 0 Å². The Hall–Kier alpha value is -4.89. The van der Waals surface area contributed by atoms with Crippen molar-refractivity contribution in [2.24, 2.45) is 0 Å². The Morgan fingerprint density at radius 3 is 2.58 bits per heavy atom. The number of aryl methyl sites for hydroxylation is 2. The maximum atomic E-state index is 15.9. The fourth-order valence-electron chi connectivity index (χ4n) is 6.32. The first kappa shape index (κ1) is 30.1. The van der Waals surface area contributed by atoms with Crippen LogP contribution in [0, 0.1) is 24.1 Å². The number of benzene rings is 2. The number of rotatable bonds is 9. The molecule has 0 spiro atoms. The van der Waals surface area contributed by atoms with Gasteiger partial charge in [0.1, 0.15) is 17.7 Å². The van der Waals surface area contributed by atoms with Crippen LogP contribution in [0.4, 0.5) is 4.39 Å². The summed E-state index contributed by atoms with van der Waals surface area (Å²) in [5.41, 5.74) is 3.29. The van der Waals surface area contributed by atoms with Crippen molar-refractivity contribution in [3.05, 3.63) is 91.8 Å². The molecular weight excluding hydrogens is 577 g/mol. The zero-order valence-electron chi connectivity index (χ0n) is 25.4. The van der Waals surface area contributed by atoms with E-state index < -0.39 is 17.7 Å². The number of halogens is 1. The average molecular weight is 612 g/mol. The topological polar surface area (TPSA) is 144 Å². The van der Waals surface area contributed by atoms with Crippen LogP contribution in [0.15, 0.2) is 56.6 Å². The van der Waals surface area contributed by atoms with Crippen LogP contribution in [-0.2, 0) is 17.6 Å². The fourth-order valence-corrected chi connectivity index (χ4v) is 6.32. The zero-order chi connectivity index (χ0) is 31.7. The van der Waals surface area contributed by atoms with Gasteiger partial charge in [-0.15, -0.1) is 0 Å². The van der Waals surface area contributed by atoms with Crippen molar-refractivity contribution in [2.75, 3.05) is 0 Å². The Balaban J connectivity index is 1.38. The molecule has 0 amide bonds. The summed E-state index contributed by atoms with van der Waals surface area (Å²) in [6.45, 7) is 5.57. The molecule has 1 unspecified atom stereocenters. The van der Waals surface area contributed by atoms with Crippen molar-refractivity contribution in [3.63, 3.8) is 0 Å². The van der Waals surface area contributed by atoms with Crippen LogP contribution in [0.25, 0.3) is 28.3 Å². The minimum Gasteiger partial charge on any atom is -0.360 e. The van der Waals surface area contributed by atoms with E-state index in [-0.39, 0.29) is 30.0 Å². The fraction of sp³-hybridized carbons (Fsp3) is 0.394. The molecule has 1 fully saturated rings. The summed E-state index contributed by atoms with van der Waals surface area (Å²) in [6.07, 6.45) is 3.73. The van der Waals surface area contributed by atoms with Gasteiger partial charge in [0.25, 0.3) is 5.56 Å². The van der Waals surface area contributed by atoms with E-state index in [1.165, 1.54) is 6.07 Å². The Morgan fingerprint density at radius 2 is 1.91 bits per heavy atom. The molecule has 0 saturated heterocycles. The van der Waals surface area contributed by atoms with Crippen LogP contribution in [0.3, 0.4) is 0 Å². The Kier molecular flexibility index (Phi) is 8.45. The second-order valence-electron chi connectivity index (χ2n) is 11.5. The molecule has 232 valence electrons. The smallest absolute Gasteiger partial charge is 0.360 e. The lowest BCUT2D eigenvalue weighted by Crippen LogP contribution is -2.35. The highest BCUT2D eigenvalue weighted by Crippen LogP contribution is 2.33. The SMILES string of the molecule is CCCc1c(Cc2ccc(-c3ccccc3-c3noc(=O)[nH]3)cc2F)c(=O)n([C@H]2CC[C@H](OC(C)C#N)CC2)c2nc(C)nn12. The van der Waals surface area contributed by atoms with Gasteiger partial charge in [-0.1, -0.05) is 54.9 Å². The summed E-state index contributed by atoms with van der Waals surface area (Å²) in [4.78, 5) is 33.1. The maximum absolute atomic E-state index is 15.9. The predicted octanol–water partition coefficient (Wildman–Crippen LogP) is 5.30. The summed E-state index contributed by atoms with van der Waals surface area (Å²) < 4.78 is 29.9. The summed E-state index contributed by atoms with van der Waals surface area (Å²) in [5.74, 6) is 0.173. The number of aromatic amines is 1. The van der Waals surface area contributed by atoms with Crippen molar-refractivity contribution < 1.29 is 13.7 Å². The van der Waals surface area contributed by atoms with Gasteiger partial charge < -0.3 is 4.74 Å². The molecule has 1 aliphatic rings. The van der Waals surface area contributed by atoms with E-state index in [9.17, 15) is 9.59 Å². The van der Waals surface area contributed by atoms with Crippen molar-refractivity contribution in [1.82, 2.24) is 29.3 Å². The van der Waals surface area contributed by atoms with E-state index in [1.54, 1.807) is 47.2 Å². The molecule has 1 saturated carbocycles. The number of nitrogens with zero attached hydrogens (tertiary/aromatic N) is 6. The Morgan fingerprint density at radius 1 is 1.16 bits per heavy atom. The van der Waals surface area contributed by atoms with Crippen molar-refractivity contribution in [2.45, 2.75) is 84.0 Å². The molecule has 1 N–H and O–H groups in total. The second kappa shape index (κ2) is 12.6. The van der Waals surface area contributed by atoms with Gasteiger partial charge >= 0.3 is 5.76 Å². The van der Waals surface area contributed by atoms with E-state index in [1.807, 2.05) is 19.1 Å². The lowest BCUT2D eigenvalue weighted by molar-refractivity contribution is -0.00299. The molecule has 5 aromatic rings. The summed E-state index contributed by atoms with van der Waals surface area (Å²) in [5, 5.41) is 17.6. The molecule has 0 aliphatic heterocycles. The molecule has 0 bridgehead atoms. The highest BCUT2D eigenvalue weighted by Gasteiger charge is 2.29. The number of nitrogens with one attached hydrogen (secondary N) is 1. The molecule has 3 heterocycles. The van der Waals surface area contributed by atoms with Gasteiger partial charge in [-0.2, -0.15) is 15.3 Å². The van der Waals surface area contributed by atoms with E-state index in [2.05, 4.69) is 30.8 Å². The third-order valence-corrected chi connectivity index (χ3v) is 8.42. The maximum Gasteiger partial charge on any atom is 0.439 e.